The van der Waals surface area contributed by atoms with Crippen LogP contribution in [0.3, 0.4) is 0 Å². The first-order valence-corrected chi connectivity index (χ1v) is 10.7. The molecule has 1 aromatic carbocycles. The molecule has 3 aromatic rings. The van der Waals surface area contributed by atoms with Crippen LogP contribution in [0.4, 0.5) is 10.2 Å². The smallest absolute Gasteiger partial charge is 0.192 e. The number of anilines is 1. The monoisotopic (exact) mass is 425 g/mol. The van der Waals surface area contributed by atoms with Gasteiger partial charge in [0.25, 0.3) is 0 Å². The van der Waals surface area contributed by atoms with E-state index in [2.05, 4.69) is 39.2 Å². The molecule has 2 aliphatic heterocycles. The second-order valence-corrected chi connectivity index (χ2v) is 10.00. The molecule has 2 aliphatic rings. The lowest BCUT2D eigenvalue weighted by Crippen LogP contribution is -2.69. The molecule has 164 valence electrons. The molecule has 2 N–H and O–H groups in total. The van der Waals surface area contributed by atoms with Crippen LogP contribution in [0.1, 0.15) is 45.6 Å². The van der Waals surface area contributed by atoms with E-state index in [-0.39, 0.29) is 17.3 Å². The number of nitrogens with one attached hydrogen (secondary N) is 1. The van der Waals surface area contributed by atoms with Gasteiger partial charge in [0.2, 0.25) is 0 Å². The van der Waals surface area contributed by atoms with Crippen molar-refractivity contribution in [3.8, 4) is 17.0 Å². The predicted octanol–water partition coefficient (Wildman–Crippen LogP) is 3.92. The molecule has 0 amide bonds. The molecule has 2 aromatic heterocycles. The van der Waals surface area contributed by atoms with Crippen LogP contribution in [0.5, 0.6) is 5.75 Å². The van der Waals surface area contributed by atoms with E-state index in [0.717, 1.165) is 17.8 Å². The van der Waals surface area contributed by atoms with Crippen molar-refractivity contribution in [2.24, 2.45) is 0 Å². The molecule has 1 fully saturated rings. The molecule has 0 unspecified atom stereocenters. The first-order chi connectivity index (χ1) is 14.5. The molecule has 5 rings (SSSR count). The number of fused-ring (bicyclic) bond motifs is 2. The first kappa shape index (κ1) is 20.2. The Morgan fingerprint density at radius 3 is 2.74 bits per heavy atom. The van der Waals surface area contributed by atoms with Gasteiger partial charge >= 0.3 is 0 Å². The van der Waals surface area contributed by atoms with Gasteiger partial charge in [-0.1, -0.05) is 0 Å². The summed E-state index contributed by atoms with van der Waals surface area (Å²) in [7, 11) is 0. The van der Waals surface area contributed by atoms with E-state index >= 15 is 4.39 Å². The summed E-state index contributed by atoms with van der Waals surface area (Å²) < 4.78 is 21.1. The SMILES string of the molecule is Cc1nc2cc(O)c(-c3cc4c(nn3)N([C@H]3CC(C)(C)NC(C)(C)[C@H]3F)CC4)cc2o1. The van der Waals surface area contributed by atoms with E-state index in [1.807, 2.05) is 19.9 Å². The molecule has 31 heavy (non-hydrogen) atoms. The lowest BCUT2D eigenvalue weighted by atomic mass is 9.77. The Morgan fingerprint density at radius 2 is 1.97 bits per heavy atom. The number of nitrogens with zero attached hydrogens (tertiary/aromatic N) is 4. The minimum atomic E-state index is -1.03. The topological polar surface area (TPSA) is 87.3 Å². The highest BCUT2D eigenvalue weighted by molar-refractivity contribution is 5.84. The summed E-state index contributed by atoms with van der Waals surface area (Å²) in [5.74, 6) is 1.35. The van der Waals surface area contributed by atoms with Crippen LogP contribution < -0.4 is 10.2 Å². The van der Waals surface area contributed by atoms with Gasteiger partial charge in [0.05, 0.1) is 11.7 Å². The molecule has 4 heterocycles. The maximum atomic E-state index is 15.5. The third kappa shape index (κ3) is 3.33. The highest BCUT2D eigenvalue weighted by atomic mass is 19.1. The number of benzene rings is 1. The number of rotatable bonds is 2. The van der Waals surface area contributed by atoms with E-state index in [1.54, 1.807) is 19.1 Å². The third-order valence-corrected chi connectivity index (χ3v) is 6.44. The normalized spacial score (nSPS) is 24.5. The fourth-order valence-electron chi connectivity index (χ4n) is 5.30. The number of piperidine rings is 1. The zero-order valence-corrected chi connectivity index (χ0v) is 18.5. The average Bonchev–Trinajstić information content (AvgIpc) is 3.24. The van der Waals surface area contributed by atoms with Gasteiger partial charge in [-0.05, 0) is 52.7 Å². The minimum absolute atomic E-state index is 0.0792. The summed E-state index contributed by atoms with van der Waals surface area (Å²) in [4.78, 5) is 6.32. The van der Waals surface area contributed by atoms with Crippen molar-refractivity contribution in [3.05, 3.63) is 29.7 Å². The fraction of sp³-hybridized carbons (Fsp3) is 0.522. The van der Waals surface area contributed by atoms with Crippen molar-refractivity contribution in [1.29, 1.82) is 0 Å². The molecule has 7 nitrogen and oxygen atoms in total. The van der Waals surface area contributed by atoms with Gasteiger partial charge in [-0.15, -0.1) is 10.2 Å². The van der Waals surface area contributed by atoms with E-state index in [4.69, 9.17) is 4.42 Å². The summed E-state index contributed by atoms with van der Waals surface area (Å²) in [6.45, 7) is 10.5. The average molecular weight is 426 g/mol. The van der Waals surface area contributed by atoms with Crippen LogP contribution in [-0.2, 0) is 6.42 Å². The van der Waals surface area contributed by atoms with Crippen molar-refractivity contribution >= 4 is 16.9 Å². The summed E-state index contributed by atoms with van der Waals surface area (Å²) in [5, 5.41) is 22.8. The molecule has 0 spiro atoms. The number of halogens is 1. The number of aromatic hydroxyl groups is 1. The molecule has 1 saturated heterocycles. The number of alkyl halides is 1. The van der Waals surface area contributed by atoms with Crippen molar-refractivity contribution in [3.63, 3.8) is 0 Å². The van der Waals surface area contributed by atoms with Gasteiger partial charge in [-0.3, -0.25) is 0 Å². The number of phenols is 1. The molecule has 8 heteroatoms. The van der Waals surface area contributed by atoms with Gasteiger partial charge < -0.3 is 19.7 Å². The van der Waals surface area contributed by atoms with Crippen molar-refractivity contribution < 1.29 is 13.9 Å². The van der Waals surface area contributed by atoms with Crippen LogP contribution >= 0.6 is 0 Å². The molecule has 0 radical (unpaired) electrons. The fourth-order valence-corrected chi connectivity index (χ4v) is 5.30. The van der Waals surface area contributed by atoms with Crippen LogP contribution in [0.2, 0.25) is 0 Å². The largest absolute Gasteiger partial charge is 0.507 e. The van der Waals surface area contributed by atoms with Gasteiger partial charge in [0.15, 0.2) is 17.3 Å². The van der Waals surface area contributed by atoms with Crippen LogP contribution in [0, 0.1) is 6.92 Å². The summed E-state index contributed by atoms with van der Waals surface area (Å²) in [6.07, 6.45) is 0.414. The van der Waals surface area contributed by atoms with Crippen molar-refractivity contribution in [1.82, 2.24) is 20.5 Å². The number of aromatic nitrogens is 3. The van der Waals surface area contributed by atoms with Gasteiger partial charge in [-0.25, -0.2) is 9.37 Å². The van der Waals surface area contributed by atoms with Crippen molar-refractivity contribution in [2.75, 3.05) is 11.4 Å². The Labute approximate surface area is 180 Å². The number of oxazole rings is 1. The maximum Gasteiger partial charge on any atom is 0.192 e. The summed E-state index contributed by atoms with van der Waals surface area (Å²) in [6, 6.07) is 4.99. The third-order valence-electron chi connectivity index (χ3n) is 6.44. The number of hydrogen-bond donors (Lipinski definition) is 2. The highest BCUT2D eigenvalue weighted by Crippen LogP contribution is 2.40. The Kier molecular flexibility index (Phi) is 4.31. The second kappa shape index (κ2) is 6.63. The van der Waals surface area contributed by atoms with Crippen LogP contribution in [0.15, 0.2) is 22.6 Å². The predicted molar refractivity (Wildman–Crippen MR) is 117 cm³/mol. The number of aryl methyl sites for hydroxylation is 1. The van der Waals surface area contributed by atoms with E-state index in [0.29, 0.717) is 41.2 Å². The quantitative estimate of drug-likeness (QED) is 0.643. The lowest BCUT2D eigenvalue weighted by molar-refractivity contribution is 0.0555. The molecule has 0 aliphatic carbocycles. The molecule has 0 bridgehead atoms. The first-order valence-electron chi connectivity index (χ1n) is 10.7. The zero-order chi connectivity index (χ0) is 22.1. The Hall–Kier alpha value is -2.74. The lowest BCUT2D eigenvalue weighted by Gasteiger charge is -2.51. The maximum absolute atomic E-state index is 15.5. The molecule has 2 atom stereocenters. The van der Waals surface area contributed by atoms with E-state index in [9.17, 15) is 5.11 Å². The summed E-state index contributed by atoms with van der Waals surface area (Å²) >= 11 is 0. The Morgan fingerprint density at radius 1 is 1.19 bits per heavy atom. The zero-order valence-electron chi connectivity index (χ0n) is 18.5. The standard InChI is InChI=1S/C23H28FN5O2/c1-12-25-16-10-18(30)14(9-19(16)31-12)15-8-13-6-7-29(21(13)27-26-15)17-11-22(2,3)28-23(4,5)20(17)24/h8-10,17,20,28,30H,6-7,11H2,1-5H3/t17-,20-/m0/s1. The van der Waals surface area contributed by atoms with Crippen LogP contribution in [-0.4, -0.2) is 50.1 Å². The Bertz CT molecular complexity index is 1170. The molecular weight excluding hydrogens is 397 g/mol. The molecule has 0 saturated carbocycles. The van der Waals surface area contributed by atoms with Gasteiger partial charge in [0.1, 0.15) is 17.4 Å². The van der Waals surface area contributed by atoms with E-state index in [1.165, 1.54) is 0 Å². The van der Waals surface area contributed by atoms with Crippen molar-refractivity contribution in [2.45, 2.75) is 70.8 Å². The van der Waals surface area contributed by atoms with Crippen LogP contribution in [0.25, 0.3) is 22.4 Å². The van der Waals surface area contributed by atoms with Gasteiger partial charge in [-0.2, -0.15) is 0 Å². The van der Waals surface area contributed by atoms with E-state index < -0.39 is 11.7 Å². The Balaban J connectivity index is 1.50. The number of phenolic OH excluding ortho intramolecular Hbond substituents is 1. The highest BCUT2D eigenvalue weighted by Gasteiger charge is 2.49. The summed E-state index contributed by atoms with van der Waals surface area (Å²) in [5.41, 5.74) is 2.52. The number of hydrogen-bond acceptors (Lipinski definition) is 7. The second-order valence-electron chi connectivity index (χ2n) is 10.00. The molecular formula is C23H28FN5O2. The van der Waals surface area contributed by atoms with Gasteiger partial charge in [0, 0.05) is 41.7 Å². The minimum Gasteiger partial charge on any atom is -0.507 e.